The van der Waals surface area contributed by atoms with Gasteiger partial charge in [0.15, 0.2) is 0 Å². The fourth-order valence-corrected chi connectivity index (χ4v) is 1.56. The van der Waals surface area contributed by atoms with E-state index in [0.29, 0.717) is 26.2 Å². The van der Waals surface area contributed by atoms with Crippen LogP contribution in [-0.4, -0.2) is 58.5 Å². The summed E-state index contributed by atoms with van der Waals surface area (Å²) in [5, 5.41) is 6.92. The molecule has 0 radical (unpaired) electrons. The van der Waals surface area contributed by atoms with Crippen LogP contribution in [0.5, 0.6) is 0 Å². The van der Waals surface area contributed by atoms with E-state index in [1.54, 1.807) is 23.0 Å². The van der Waals surface area contributed by atoms with Crippen molar-refractivity contribution in [3.8, 4) is 0 Å². The summed E-state index contributed by atoms with van der Waals surface area (Å²) in [6.07, 6.45) is 3.11. The van der Waals surface area contributed by atoms with E-state index in [0.717, 1.165) is 0 Å². The van der Waals surface area contributed by atoms with Crippen LogP contribution in [0.3, 0.4) is 0 Å². The predicted molar refractivity (Wildman–Crippen MR) is 67.1 cm³/mol. The van der Waals surface area contributed by atoms with Crippen LogP contribution in [-0.2, 0) is 11.3 Å². The lowest BCUT2D eigenvalue weighted by Gasteiger charge is -2.23. The monoisotopic (exact) mass is 255 g/mol. The van der Waals surface area contributed by atoms with Gasteiger partial charge in [-0.15, -0.1) is 0 Å². The zero-order valence-corrected chi connectivity index (χ0v) is 11.2. The standard InChI is InChI=1S/C11H21N5O2/c1-4-15(5-6-18-3)11(17)14-10(2)7-16-9-12-8-13-16/h8-10H,4-7H2,1-3H3,(H,14,17). The van der Waals surface area contributed by atoms with E-state index in [-0.39, 0.29) is 12.1 Å². The van der Waals surface area contributed by atoms with Crippen molar-refractivity contribution in [2.24, 2.45) is 0 Å². The first-order valence-corrected chi connectivity index (χ1v) is 6.04. The number of carbonyl (C=O) groups is 1. The van der Waals surface area contributed by atoms with E-state index in [4.69, 9.17) is 4.74 Å². The molecule has 0 aliphatic heterocycles. The Kier molecular flexibility index (Phi) is 6.13. The molecule has 0 saturated heterocycles. The molecular weight excluding hydrogens is 234 g/mol. The SMILES string of the molecule is CCN(CCOC)C(=O)NC(C)Cn1cncn1. The fraction of sp³-hybridized carbons (Fsp3) is 0.727. The molecule has 0 bridgehead atoms. The van der Waals surface area contributed by atoms with E-state index >= 15 is 0 Å². The van der Waals surface area contributed by atoms with Gasteiger partial charge in [0.25, 0.3) is 0 Å². The van der Waals surface area contributed by atoms with Crippen molar-refractivity contribution >= 4 is 6.03 Å². The molecule has 0 aliphatic carbocycles. The molecule has 0 aromatic carbocycles. The molecule has 102 valence electrons. The number of aromatic nitrogens is 3. The maximum absolute atomic E-state index is 11.9. The van der Waals surface area contributed by atoms with Gasteiger partial charge in [0.05, 0.1) is 13.2 Å². The molecule has 1 N–H and O–H groups in total. The Morgan fingerprint density at radius 1 is 1.61 bits per heavy atom. The fourth-order valence-electron chi connectivity index (χ4n) is 1.56. The van der Waals surface area contributed by atoms with Crippen LogP contribution in [0.2, 0.25) is 0 Å². The molecule has 2 amide bonds. The third-order valence-electron chi connectivity index (χ3n) is 2.53. The Hall–Kier alpha value is -1.63. The highest BCUT2D eigenvalue weighted by Gasteiger charge is 2.14. The number of carbonyl (C=O) groups excluding carboxylic acids is 1. The highest BCUT2D eigenvalue weighted by Crippen LogP contribution is 1.94. The number of nitrogens with one attached hydrogen (secondary N) is 1. The van der Waals surface area contributed by atoms with Crippen molar-refractivity contribution in [2.45, 2.75) is 26.4 Å². The number of hydrogen-bond donors (Lipinski definition) is 1. The Morgan fingerprint density at radius 3 is 2.94 bits per heavy atom. The first-order valence-electron chi connectivity index (χ1n) is 6.04. The Balaban J connectivity index is 2.37. The third-order valence-corrected chi connectivity index (χ3v) is 2.53. The minimum Gasteiger partial charge on any atom is -0.383 e. The minimum atomic E-state index is -0.0813. The highest BCUT2D eigenvalue weighted by atomic mass is 16.5. The van der Waals surface area contributed by atoms with Gasteiger partial charge in [-0.2, -0.15) is 5.10 Å². The Bertz CT molecular complexity index is 341. The van der Waals surface area contributed by atoms with Gasteiger partial charge < -0.3 is 15.0 Å². The van der Waals surface area contributed by atoms with Crippen LogP contribution in [0.1, 0.15) is 13.8 Å². The molecule has 1 aromatic heterocycles. The highest BCUT2D eigenvalue weighted by molar-refractivity contribution is 5.74. The third kappa shape index (κ3) is 4.70. The number of rotatable bonds is 7. The van der Waals surface area contributed by atoms with Crippen molar-refractivity contribution in [3.63, 3.8) is 0 Å². The van der Waals surface area contributed by atoms with Crippen LogP contribution in [0.25, 0.3) is 0 Å². The van der Waals surface area contributed by atoms with Gasteiger partial charge in [-0.1, -0.05) is 0 Å². The number of amides is 2. The van der Waals surface area contributed by atoms with E-state index in [9.17, 15) is 4.79 Å². The van der Waals surface area contributed by atoms with Gasteiger partial charge in [0.2, 0.25) is 0 Å². The molecule has 1 atom stereocenters. The maximum atomic E-state index is 11.9. The zero-order valence-electron chi connectivity index (χ0n) is 11.2. The second kappa shape index (κ2) is 7.65. The summed E-state index contributed by atoms with van der Waals surface area (Å²) in [6.45, 7) is 6.27. The summed E-state index contributed by atoms with van der Waals surface area (Å²) in [5.41, 5.74) is 0. The van der Waals surface area contributed by atoms with Crippen molar-refractivity contribution < 1.29 is 9.53 Å². The van der Waals surface area contributed by atoms with Gasteiger partial charge in [-0.3, -0.25) is 4.68 Å². The smallest absolute Gasteiger partial charge is 0.317 e. The van der Waals surface area contributed by atoms with E-state index in [2.05, 4.69) is 15.4 Å². The lowest BCUT2D eigenvalue weighted by molar-refractivity contribution is 0.149. The summed E-state index contributed by atoms with van der Waals surface area (Å²) in [5.74, 6) is 0. The molecule has 7 heteroatoms. The van der Waals surface area contributed by atoms with Gasteiger partial charge in [0, 0.05) is 26.2 Å². The summed E-state index contributed by atoms with van der Waals surface area (Å²) >= 11 is 0. The van der Waals surface area contributed by atoms with E-state index in [1.165, 1.54) is 6.33 Å². The van der Waals surface area contributed by atoms with Gasteiger partial charge >= 0.3 is 6.03 Å². The lowest BCUT2D eigenvalue weighted by atomic mass is 10.3. The number of hydrogen-bond acceptors (Lipinski definition) is 4. The van der Waals surface area contributed by atoms with Crippen molar-refractivity contribution in [1.82, 2.24) is 25.0 Å². The number of likely N-dealkylation sites (N-methyl/N-ethyl adjacent to an activating group) is 1. The lowest BCUT2D eigenvalue weighted by Crippen LogP contribution is -2.46. The van der Waals surface area contributed by atoms with Gasteiger partial charge in [-0.25, -0.2) is 9.78 Å². The second-order valence-corrected chi connectivity index (χ2v) is 4.04. The molecule has 1 aromatic rings. The van der Waals surface area contributed by atoms with Crippen molar-refractivity contribution in [3.05, 3.63) is 12.7 Å². The molecule has 18 heavy (non-hydrogen) atoms. The average Bonchev–Trinajstić information content (AvgIpc) is 2.82. The molecule has 0 spiro atoms. The molecule has 0 fully saturated rings. The Morgan fingerprint density at radius 2 is 2.39 bits per heavy atom. The van der Waals surface area contributed by atoms with Gasteiger partial charge in [-0.05, 0) is 13.8 Å². The molecule has 0 saturated carbocycles. The zero-order chi connectivity index (χ0) is 13.4. The first-order chi connectivity index (χ1) is 8.67. The Labute approximate surface area is 107 Å². The van der Waals surface area contributed by atoms with Crippen LogP contribution in [0.15, 0.2) is 12.7 Å². The van der Waals surface area contributed by atoms with Crippen LogP contribution >= 0.6 is 0 Å². The number of nitrogens with zero attached hydrogens (tertiary/aromatic N) is 4. The maximum Gasteiger partial charge on any atom is 0.317 e. The second-order valence-electron chi connectivity index (χ2n) is 4.04. The topological polar surface area (TPSA) is 72.3 Å². The minimum absolute atomic E-state index is 0.00389. The molecule has 1 heterocycles. The number of ether oxygens (including phenoxy) is 1. The number of urea groups is 1. The summed E-state index contributed by atoms with van der Waals surface area (Å²) in [6, 6.07) is -0.0852. The average molecular weight is 255 g/mol. The predicted octanol–water partition coefficient (Wildman–Crippen LogP) is 0.345. The summed E-state index contributed by atoms with van der Waals surface area (Å²) in [7, 11) is 1.62. The largest absolute Gasteiger partial charge is 0.383 e. The van der Waals surface area contributed by atoms with Crippen molar-refractivity contribution in [1.29, 1.82) is 0 Å². The molecule has 0 aliphatic rings. The normalized spacial score (nSPS) is 12.2. The quantitative estimate of drug-likeness (QED) is 0.763. The molecule has 1 unspecified atom stereocenters. The number of methoxy groups -OCH3 is 1. The van der Waals surface area contributed by atoms with Crippen LogP contribution < -0.4 is 5.32 Å². The molecule has 7 nitrogen and oxygen atoms in total. The van der Waals surface area contributed by atoms with Crippen LogP contribution in [0, 0.1) is 0 Å². The van der Waals surface area contributed by atoms with E-state index in [1.807, 2.05) is 13.8 Å². The van der Waals surface area contributed by atoms with E-state index < -0.39 is 0 Å². The van der Waals surface area contributed by atoms with Crippen molar-refractivity contribution in [2.75, 3.05) is 26.8 Å². The molecular formula is C11H21N5O2. The first kappa shape index (κ1) is 14.4. The molecule has 1 rings (SSSR count). The summed E-state index contributed by atoms with van der Waals surface area (Å²) in [4.78, 5) is 17.5. The van der Waals surface area contributed by atoms with Gasteiger partial charge in [0.1, 0.15) is 12.7 Å². The van der Waals surface area contributed by atoms with Crippen LogP contribution in [0.4, 0.5) is 4.79 Å². The summed E-state index contributed by atoms with van der Waals surface area (Å²) < 4.78 is 6.66.